The van der Waals surface area contributed by atoms with Crippen LogP contribution in [-0.2, 0) is 23.9 Å². The van der Waals surface area contributed by atoms with Gasteiger partial charge in [0.05, 0.1) is 43.8 Å². The van der Waals surface area contributed by atoms with Crippen LogP contribution >= 0.6 is 0 Å². The van der Waals surface area contributed by atoms with E-state index in [1.165, 1.54) is 0 Å². The summed E-state index contributed by atoms with van der Waals surface area (Å²) in [5, 5.41) is 10.5. The number of aliphatic hydroxyl groups excluding tert-OH is 1. The second-order valence-electron chi connectivity index (χ2n) is 12.4. The molecule has 5 rings (SSSR count). The summed E-state index contributed by atoms with van der Waals surface area (Å²) in [5.74, 6) is -2.39. The number of likely N-dealkylation sites (tertiary alicyclic amines) is 1. The Bertz CT molecular complexity index is 1190. The van der Waals surface area contributed by atoms with Crippen LogP contribution in [0.2, 0.25) is 0 Å². The lowest BCUT2D eigenvalue weighted by Crippen LogP contribution is -2.60. The van der Waals surface area contributed by atoms with Gasteiger partial charge in [-0.2, -0.15) is 0 Å². The first-order valence-electron chi connectivity index (χ1n) is 15.6. The molecule has 1 spiro atoms. The van der Waals surface area contributed by atoms with Gasteiger partial charge in [0.25, 0.3) is 0 Å². The van der Waals surface area contributed by atoms with Crippen LogP contribution in [0.3, 0.4) is 0 Å². The molecule has 6 atom stereocenters. The van der Waals surface area contributed by atoms with E-state index < -0.39 is 35.6 Å². The molecule has 1 N–H and O–H groups in total. The number of nitrogens with zero attached hydrogens (tertiary/aromatic N) is 4. The van der Waals surface area contributed by atoms with Gasteiger partial charge in [-0.05, 0) is 30.9 Å². The Kier molecular flexibility index (Phi) is 9.70. The second kappa shape index (κ2) is 13.3. The van der Waals surface area contributed by atoms with Crippen molar-refractivity contribution in [2.45, 2.75) is 50.5 Å². The molecule has 2 unspecified atom stereocenters. The fraction of sp³-hybridized carbons (Fsp3) is 0.606. The quantitative estimate of drug-likeness (QED) is 0.349. The Hall–Kier alpha value is -3.05. The highest BCUT2D eigenvalue weighted by atomic mass is 16.5. The van der Waals surface area contributed by atoms with Gasteiger partial charge in [-0.25, -0.2) is 0 Å². The maximum atomic E-state index is 14.6. The van der Waals surface area contributed by atoms with Crippen LogP contribution in [0.1, 0.15) is 26.7 Å². The Morgan fingerprint density at radius 3 is 2.44 bits per heavy atom. The van der Waals surface area contributed by atoms with Crippen molar-refractivity contribution in [2.24, 2.45) is 17.8 Å². The molecule has 2 bridgehead atoms. The molecule has 10 heteroatoms. The minimum absolute atomic E-state index is 0.117. The smallest absolute Gasteiger partial charge is 0.248 e. The highest BCUT2D eigenvalue weighted by Crippen LogP contribution is 2.59. The number of aliphatic hydroxyl groups is 1. The van der Waals surface area contributed by atoms with E-state index in [0.29, 0.717) is 45.7 Å². The third-order valence-electron chi connectivity index (χ3n) is 9.67. The van der Waals surface area contributed by atoms with E-state index in [4.69, 9.17) is 9.47 Å². The molecule has 1 aromatic carbocycles. The monoisotopic (exact) mass is 594 g/mol. The van der Waals surface area contributed by atoms with Gasteiger partial charge in [-0.15, -0.1) is 13.2 Å². The van der Waals surface area contributed by atoms with Gasteiger partial charge in [0, 0.05) is 45.0 Å². The van der Waals surface area contributed by atoms with Crippen molar-refractivity contribution in [1.82, 2.24) is 14.7 Å². The molecule has 4 saturated heterocycles. The van der Waals surface area contributed by atoms with Crippen molar-refractivity contribution < 1.29 is 29.0 Å². The highest BCUT2D eigenvalue weighted by molar-refractivity contribution is 6.03. The molecule has 234 valence electrons. The van der Waals surface area contributed by atoms with Gasteiger partial charge in [-0.1, -0.05) is 44.2 Å². The van der Waals surface area contributed by atoms with E-state index in [1.54, 1.807) is 26.9 Å². The minimum Gasteiger partial charge on any atom is -0.394 e. The first-order chi connectivity index (χ1) is 20.8. The number of fused-ring (bicyclic) bond motifs is 1. The van der Waals surface area contributed by atoms with Crippen LogP contribution in [0.5, 0.6) is 0 Å². The fourth-order valence-electron chi connectivity index (χ4n) is 7.58. The number of morpholine rings is 1. The molecule has 3 amide bonds. The maximum Gasteiger partial charge on any atom is 0.248 e. The lowest BCUT2D eigenvalue weighted by Gasteiger charge is -2.40. The number of amides is 3. The largest absolute Gasteiger partial charge is 0.394 e. The van der Waals surface area contributed by atoms with Gasteiger partial charge in [0.2, 0.25) is 17.7 Å². The van der Waals surface area contributed by atoms with Crippen molar-refractivity contribution in [3.63, 3.8) is 0 Å². The molecule has 0 radical (unpaired) electrons. The lowest BCUT2D eigenvalue weighted by molar-refractivity contribution is -0.152. The summed E-state index contributed by atoms with van der Waals surface area (Å²) in [5.41, 5.74) is -0.425. The number of hydrogen-bond acceptors (Lipinski definition) is 7. The Balaban J connectivity index is 1.51. The molecule has 4 fully saturated rings. The maximum absolute atomic E-state index is 14.6. The average molecular weight is 595 g/mol. The molecule has 4 aliphatic heterocycles. The summed E-state index contributed by atoms with van der Waals surface area (Å²) >= 11 is 0. The van der Waals surface area contributed by atoms with E-state index in [1.807, 2.05) is 44.2 Å². The van der Waals surface area contributed by atoms with Gasteiger partial charge in [0.1, 0.15) is 11.6 Å². The van der Waals surface area contributed by atoms with Crippen LogP contribution in [0, 0.1) is 17.8 Å². The summed E-state index contributed by atoms with van der Waals surface area (Å²) in [6.45, 7) is 16.0. The summed E-state index contributed by atoms with van der Waals surface area (Å²) in [4.78, 5) is 50.8. The van der Waals surface area contributed by atoms with Crippen LogP contribution < -0.4 is 4.90 Å². The topological polar surface area (TPSA) is 103 Å². The van der Waals surface area contributed by atoms with E-state index in [-0.39, 0.29) is 36.8 Å². The molecule has 1 aromatic rings. The number of benzene rings is 1. The SMILES string of the molecule is C=CCN(CCN1CCOCC1)C(=O)C1N([C@@H](CO)C(C)C)C(=O)[C@@H]2[C@@H](C(=O)N(CC=C)c3ccccc3)[C@H]3CCC12O3. The highest BCUT2D eigenvalue weighted by Gasteiger charge is 2.75. The summed E-state index contributed by atoms with van der Waals surface area (Å²) in [7, 11) is 0. The zero-order valence-electron chi connectivity index (χ0n) is 25.5. The van der Waals surface area contributed by atoms with Crippen molar-refractivity contribution in [2.75, 3.05) is 64.0 Å². The first-order valence-corrected chi connectivity index (χ1v) is 15.6. The van der Waals surface area contributed by atoms with Gasteiger partial charge in [-0.3, -0.25) is 19.3 Å². The molecular weight excluding hydrogens is 548 g/mol. The Morgan fingerprint density at radius 1 is 1.12 bits per heavy atom. The second-order valence-corrected chi connectivity index (χ2v) is 12.4. The zero-order valence-corrected chi connectivity index (χ0v) is 25.5. The summed E-state index contributed by atoms with van der Waals surface area (Å²) in [6.07, 6.45) is 3.98. The van der Waals surface area contributed by atoms with Gasteiger partial charge in [0.15, 0.2) is 0 Å². The first kappa shape index (κ1) is 31.4. The standard InChI is InChI=1S/C33H46N4O6/c1-5-14-35(17-16-34-18-20-42-21-19-34)32(41)29-33-13-12-26(43-33)27(28(33)31(40)37(29)25(22-38)23(3)4)30(39)36(15-6-2)24-10-8-7-9-11-24/h5-11,23,25-29,38H,1-2,12-22H2,3-4H3/t25-,26+,27-,28-,29?,33?/m0/s1. The number of ether oxygens (including phenoxy) is 2. The van der Waals surface area contributed by atoms with Crippen LogP contribution in [-0.4, -0.2) is 120 Å². The Labute approximate surface area is 254 Å². The third kappa shape index (κ3) is 5.66. The molecule has 10 nitrogen and oxygen atoms in total. The molecule has 0 aromatic heterocycles. The van der Waals surface area contributed by atoms with Crippen LogP contribution in [0.4, 0.5) is 5.69 Å². The van der Waals surface area contributed by atoms with E-state index in [9.17, 15) is 19.5 Å². The lowest BCUT2D eigenvalue weighted by atomic mass is 9.70. The molecule has 4 heterocycles. The van der Waals surface area contributed by atoms with Gasteiger partial charge < -0.3 is 29.3 Å². The summed E-state index contributed by atoms with van der Waals surface area (Å²) in [6, 6.07) is 7.82. The van der Waals surface area contributed by atoms with Crippen molar-refractivity contribution >= 4 is 23.4 Å². The zero-order chi connectivity index (χ0) is 30.7. The van der Waals surface area contributed by atoms with Gasteiger partial charge >= 0.3 is 0 Å². The third-order valence-corrected chi connectivity index (χ3v) is 9.67. The molecule has 43 heavy (non-hydrogen) atoms. The number of rotatable bonds is 13. The molecule has 4 aliphatic rings. The predicted octanol–water partition coefficient (Wildman–Crippen LogP) is 1.94. The van der Waals surface area contributed by atoms with Crippen molar-refractivity contribution in [3.8, 4) is 0 Å². The van der Waals surface area contributed by atoms with Crippen LogP contribution in [0.25, 0.3) is 0 Å². The normalized spacial score (nSPS) is 29.0. The molecular formula is C33H46N4O6. The van der Waals surface area contributed by atoms with Crippen LogP contribution in [0.15, 0.2) is 55.6 Å². The molecule has 0 saturated carbocycles. The number of carbonyl (C=O) groups excluding carboxylic acids is 3. The minimum atomic E-state index is -1.14. The predicted molar refractivity (Wildman–Crippen MR) is 163 cm³/mol. The number of hydrogen-bond donors (Lipinski definition) is 1. The van der Waals surface area contributed by atoms with E-state index in [0.717, 1.165) is 18.8 Å². The number of anilines is 1. The number of para-hydroxylation sites is 1. The van der Waals surface area contributed by atoms with Crippen molar-refractivity contribution in [1.29, 1.82) is 0 Å². The average Bonchev–Trinajstić information content (AvgIpc) is 3.66. The van der Waals surface area contributed by atoms with E-state index >= 15 is 0 Å². The summed E-state index contributed by atoms with van der Waals surface area (Å²) < 4.78 is 12.2. The van der Waals surface area contributed by atoms with Crippen molar-refractivity contribution in [3.05, 3.63) is 55.6 Å². The van der Waals surface area contributed by atoms with E-state index in [2.05, 4.69) is 18.1 Å². The Morgan fingerprint density at radius 2 is 1.81 bits per heavy atom. The fourth-order valence-corrected chi connectivity index (χ4v) is 7.58. The molecule has 0 aliphatic carbocycles. The number of carbonyl (C=O) groups is 3.